The van der Waals surface area contributed by atoms with Crippen molar-refractivity contribution in [1.82, 2.24) is 0 Å². The van der Waals surface area contributed by atoms with E-state index < -0.39 is 22.9 Å². The van der Waals surface area contributed by atoms with Crippen molar-refractivity contribution in [3.05, 3.63) is 0 Å². The molecule has 0 heterocycles. The fourth-order valence-corrected chi connectivity index (χ4v) is 1.68. The molecule has 13 heavy (non-hydrogen) atoms. The molecule has 0 aliphatic heterocycles. The monoisotopic (exact) mass is 234 g/mol. The second-order valence-electron chi connectivity index (χ2n) is 1.85. The van der Waals surface area contributed by atoms with Crippen LogP contribution in [0.5, 0.6) is 0 Å². The van der Waals surface area contributed by atoms with Gasteiger partial charge < -0.3 is 0 Å². The third-order valence-corrected chi connectivity index (χ3v) is 4.94. The summed E-state index contributed by atoms with van der Waals surface area (Å²) in [4.78, 5) is 52.9. The molecule has 0 atom stereocenters. The molecule has 0 unspecified atom stereocenters. The Kier molecular flexibility index (Phi) is 3.35. The van der Waals surface area contributed by atoms with Gasteiger partial charge in [-0.1, -0.05) is 0 Å². The molecule has 7 heteroatoms. The third kappa shape index (κ3) is 1.37. The molecule has 76 valence electrons. The van der Waals surface area contributed by atoms with Gasteiger partial charge in [0.25, 0.3) is 0 Å². The Balaban J connectivity index is 5.74. The maximum atomic E-state index is 11.0. The van der Waals surface area contributed by atoms with E-state index in [1.165, 1.54) is 0 Å². The molecule has 0 aromatic rings. The molecule has 0 fully saturated rings. The van der Waals surface area contributed by atoms with Crippen LogP contribution in [0.3, 0.4) is 0 Å². The van der Waals surface area contributed by atoms with Crippen LogP contribution in [0.25, 0.3) is 0 Å². The van der Waals surface area contributed by atoms with Crippen LogP contribution in [0.2, 0.25) is 0 Å². The second kappa shape index (κ2) is 3.69. The van der Waals surface area contributed by atoms with Gasteiger partial charge in [0, 0.05) is 0 Å². The molecule has 0 saturated carbocycles. The number of carbonyl (C=O) groups is 5. The van der Waals surface area contributed by atoms with E-state index >= 15 is 0 Å². The van der Waals surface area contributed by atoms with Crippen molar-refractivity contribution in [3.8, 4) is 0 Å². The average Bonchev–Trinajstić information content (AvgIpc) is 2.22. The molecule has 0 aromatic heterocycles. The molecule has 0 spiro atoms. The topological polar surface area (TPSA) is 106 Å². The summed E-state index contributed by atoms with van der Waals surface area (Å²) in [5, 5.41) is 7.39. The van der Waals surface area contributed by atoms with Gasteiger partial charge in [0.1, 0.15) is 0 Å². The Bertz CT molecular complexity index is 239. The summed E-state index contributed by atoms with van der Waals surface area (Å²) >= 11 is -4.91. The molecule has 0 aromatic carbocycles. The number of rotatable bonds is 6. The Labute approximate surface area is 73.5 Å². The van der Waals surface area contributed by atoms with Crippen LogP contribution in [0, 0.1) is 0 Å². The van der Waals surface area contributed by atoms with Gasteiger partial charge in [0.2, 0.25) is 0 Å². The molecule has 6 nitrogen and oxygen atoms in total. The van der Waals surface area contributed by atoms with Crippen LogP contribution in [-0.2, 0) is 35.5 Å². The Morgan fingerprint density at radius 1 is 1.00 bits per heavy atom. The molecular weight excluding hydrogens is 227 g/mol. The molecule has 0 bridgehead atoms. The van der Waals surface area contributed by atoms with Crippen LogP contribution < -0.4 is 0 Å². The zero-order valence-corrected chi connectivity index (χ0v) is 7.38. The first-order valence-electron chi connectivity index (χ1n) is 2.75. The van der Waals surface area contributed by atoms with Gasteiger partial charge >= 0.3 is 72.9 Å². The minimum atomic E-state index is -4.91. The molecule has 1 N–H and O–H groups in total. The van der Waals surface area contributed by atoms with E-state index in [0.717, 1.165) is 0 Å². The van der Waals surface area contributed by atoms with Gasteiger partial charge in [-0.2, -0.15) is 0 Å². The third-order valence-electron chi connectivity index (χ3n) is 1.25. The van der Waals surface area contributed by atoms with Crippen molar-refractivity contribution < 1.29 is 40.7 Å². The predicted molar refractivity (Wildman–Crippen MR) is 39.1 cm³/mol. The number of aliphatic hydroxyl groups excluding tert-OH is 1. The molecule has 0 rings (SSSR count). The van der Waals surface area contributed by atoms with E-state index in [-0.39, 0.29) is 20.9 Å². The van der Waals surface area contributed by atoms with Crippen LogP contribution in [0.1, 0.15) is 0 Å². The summed E-state index contributed by atoms with van der Waals surface area (Å²) in [6.07, 6.45) is 0. The minimum absolute atomic E-state index is 0.254. The summed E-state index contributed by atoms with van der Waals surface area (Å²) in [6.45, 7) is -1.19. The van der Waals surface area contributed by atoms with Gasteiger partial charge in [-0.25, -0.2) is 0 Å². The van der Waals surface area contributed by atoms with Crippen molar-refractivity contribution in [2.24, 2.45) is 0 Å². The van der Waals surface area contributed by atoms with Gasteiger partial charge in [0.05, 0.1) is 0 Å². The summed E-state index contributed by atoms with van der Waals surface area (Å²) in [7, 11) is 0. The molecule has 0 saturated heterocycles. The zero-order valence-electron chi connectivity index (χ0n) is 6.34. The van der Waals surface area contributed by atoms with Crippen LogP contribution in [-0.4, -0.2) is 37.3 Å². The molecular formula is C6H7CoO6. The van der Waals surface area contributed by atoms with Gasteiger partial charge in [-0.05, 0) is 0 Å². The normalized spacial score (nSPS) is 13.5. The first-order valence-corrected chi connectivity index (χ1v) is 5.68. The van der Waals surface area contributed by atoms with Gasteiger partial charge in [-0.15, -0.1) is 0 Å². The van der Waals surface area contributed by atoms with Crippen molar-refractivity contribution >= 4 is 25.6 Å². The van der Waals surface area contributed by atoms with Crippen molar-refractivity contribution in [2.75, 3.05) is 6.61 Å². The van der Waals surface area contributed by atoms with E-state index in [9.17, 15) is 24.0 Å². The van der Waals surface area contributed by atoms with Gasteiger partial charge in [0.15, 0.2) is 0 Å². The van der Waals surface area contributed by atoms with Crippen molar-refractivity contribution in [2.45, 2.75) is 0 Å². The Hall–Kier alpha value is -1.18. The van der Waals surface area contributed by atoms with E-state index in [4.69, 9.17) is 5.11 Å². The molecule has 0 aliphatic carbocycles. The standard InChI is InChI=1S/C2H3O2.4CHO.Co/c3-1-2-4;4*1-2;/h3H,1H2;4*1H;. The van der Waals surface area contributed by atoms with Crippen LogP contribution >= 0.6 is 0 Å². The summed E-state index contributed by atoms with van der Waals surface area (Å²) in [6, 6.07) is 0. The zero-order chi connectivity index (χ0) is 10.6. The first-order chi connectivity index (χ1) is 6.04. The van der Waals surface area contributed by atoms with Crippen molar-refractivity contribution in [3.63, 3.8) is 0 Å². The van der Waals surface area contributed by atoms with E-state index in [1.54, 1.807) is 0 Å². The van der Waals surface area contributed by atoms with E-state index in [2.05, 4.69) is 0 Å². The van der Waals surface area contributed by atoms with Crippen molar-refractivity contribution in [1.29, 1.82) is 0 Å². The Morgan fingerprint density at radius 3 is 1.38 bits per heavy atom. The molecule has 0 aliphatic rings. The van der Waals surface area contributed by atoms with Crippen LogP contribution in [0.15, 0.2) is 0 Å². The number of hydrogen-bond donors (Lipinski definition) is 1. The first kappa shape index (κ1) is 11.8. The number of carbonyl (C=O) groups excluding carboxylic acids is 5. The molecule has 0 amide bonds. The average molecular weight is 234 g/mol. The van der Waals surface area contributed by atoms with Gasteiger partial charge in [-0.3, -0.25) is 0 Å². The summed E-state index contributed by atoms with van der Waals surface area (Å²) in [5.74, 6) is 0. The second-order valence-corrected chi connectivity index (χ2v) is 6.70. The summed E-state index contributed by atoms with van der Waals surface area (Å²) < 4.78 is -1.33. The fraction of sp³-hybridized carbons (Fsp3) is 0.167. The van der Waals surface area contributed by atoms with E-state index in [0.29, 0.717) is 0 Å². The predicted octanol–water partition coefficient (Wildman–Crippen LogP) is -2.04. The fourth-order valence-electron chi connectivity index (χ4n) is 0.408. The SMILES string of the molecule is O=[CH][Co]([CH]=O)([CH]=O)([CH]=O)[C](=O)CO. The maximum absolute atomic E-state index is 11.0. The molecule has 0 radical (unpaired) electrons. The van der Waals surface area contributed by atoms with E-state index in [1.807, 2.05) is 0 Å². The van der Waals surface area contributed by atoms with Crippen LogP contribution in [0.4, 0.5) is 0 Å². The summed E-state index contributed by atoms with van der Waals surface area (Å²) in [5.41, 5.74) is 0. The number of hydrogen-bond acceptors (Lipinski definition) is 6. The number of aliphatic hydroxyl groups is 1. The Morgan fingerprint density at radius 2 is 1.31 bits per heavy atom. The quantitative estimate of drug-likeness (QED) is 0.530.